The second kappa shape index (κ2) is 8.26. The zero-order valence-electron chi connectivity index (χ0n) is 16.4. The van der Waals surface area contributed by atoms with Crippen molar-refractivity contribution in [3.8, 4) is 11.1 Å². The van der Waals surface area contributed by atoms with E-state index >= 15 is 0 Å². The van der Waals surface area contributed by atoms with Crippen molar-refractivity contribution in [3.05, 3.63) is 41.2 Å². The van der Waals surface area contributed by atoms with Gasteiger partial charge in [0.05, 0.1) is 5.69 Å². The summed E-state index contributed by atoms with van der Waals surface area (Å²) in [5.74, 6) is 1.13. The van der Waals surface area contributed by atoms with Gasteiger partial charge in [0.25, 0.3) is 0 Å². The minimum absolute atomic E-state index is 0.0159. The molecular weight excluding hydrogens is 360 g/mol. The van der Waals surface area contributed by atoms with Crippen LogP contribution < -0.4 is 4.90 Å². The summed E-state index contributed by atoms with van der Waals surface area (Å²) in [4.78, 5) is 25.8. The Morgan fingerprint density at radius 2 is 1.96 bits per heavy atom. The largest absolute Gasteiger partial charge is 0.347 e. The number of rotatable bonds is 4. The lowest BCUT2D eigenvalue weighted by atomic mass is 9.89. The first-order chi connectivity index (χ1) is 12.9. The number of likely N-dealkylation sites (tertiary alicyclic amines) is 1. The maximum absolute atomic E-state index is 12.5. The van der Waals surface area contributed by atoms with Crippen LogP contribution in [0.5, 0.6) is 0 Å². The van der Waals surface area contributed by atoms with Gasteiger partial charge in [-0.05, 0) is 30.5 Å². The van der Waals surface area contributed by atoms with Crippen molar-refractivity contribution in [3.63, 3.8) is 0 Å². The number of amides is 1. The number of hydrogen-bond donors (Lipinski definition) is 0. The fourth-order valence-electron chi connectivity index (χ4n) is 3.53. The van der Waals surface area contributed by atoms with E-state index in [1.807, 2.05) is 68.2 Å². The molecule has 27 heavy (non-hydrogen) atoms. The van der Waals surface area contributed by atoms with E-state index in [4.69, 9.17) is 16.6 Å². The molecule has 0 radical (unpaired) electrons. The summed E-state index contributed by atoms with van der Waals surface area (Å²) in [7, 11) is 3.88. The number of piperidine rings is 1. The van der Waals surface area contributed by atoms with E-state index in [1.165, 1.54) is 0 Å². The number of anilines is 1. The van der Waals surface area contributed by atoms with Gasteiger partial charge in [-0.25, -0.2) is 9.97 Å². The Labute approximate surface area is 166 Å². The van der Waals surface area contributed by atoms with Crippen molar-refractivity contribution in [2.45, 2.75) is 32.6 Å². The molecule has 0 bridgehead atoms. The van der Waals surface area contributed by atoms with E-state index in [-0.39, 0.29) is 17.7 Å². The molecule has 6 heteroatoms. The molecule has 0 unspecified atom stereocenters. The lowest BCUT2D eigenvalue weighted by Gasteiger charge is -2.34. The van der Waals surface area contributed by atoms with Crippen LogP contribution >= 0.6 is 11.6 Å². The topological polar surface area (TPSA) is 49.3 Å². The minimum Gasteiger partial charge on any atom is -0.347 e. The average Bonchev–Trinajstić information content (AvgIpc) is 2.67. The molecule has 0 spiro atoms. The fourth-order valence-corrected chi connectivity index (χ4v) is 3.66. The standard InChI is InChI=1S/C21H27ClN4O/c1-14(2)20(27)26-11-5-6-16(13-26)19-18(12-23-21(24-19)25(3)4)15-7-9-17(22)10-8-15/h7-10,12,14,16H,5-6,11,13H2,1-4H3/t16-/m0/s1. The highest BCUT2D eigenvalue weighted by Crippen LogP contribution is 2.34. The van der Waals surface area contributed by atoms with E-state index in [0.717, 1.165) is 36.2 Å². The molecule has 3 rings (SSSR count). The molecule has 1 aromatic carbocycles. The summed E-state index contributed by atoms with van der Waals surface area (Å²) in [6, 6.07) is 7.77. The molecule has 2 heterocycles. The Balaban J connectivity index is 1.99. The SMILES string of the molecule is CC(C)C(=O)N1CCC[C@H](c2nc(N(C)C)ncc2-c2ccc(Cl)cc2)C1. The Kier molecular flexibility index (Phi) is 6.00. The number of carbonyl (C=O) groups is 1. The lowest BCUT2D eigenvalue weighted by molar-refractivity contribution is -0.135. The molecule has 1 amide bonds. The maximum atomic E-state index is 12.5. The number of benzene rings is 1. The molecule has 0 N–H and O–H groups in total. The van der Waals surface area contributed by atoms with Crippen LogP contribution in [-0.4, -0.2) is 48.0 Å². The maximum Gasteiger partial charge on any atom is 0.225 e. The zero-order valence-corrected chi connectivity index (χ0v) is 17.2. The minimum atomic E-state index is 0.0159. The van der Waals surface area contributed by atoms with Crippen LogP contribution in [0.1, 0.15) is 38.3 Å². The number of carbonyl (C=O) groups excluding carboxylic acids is 1. The molecule has 1 atom stereocenters. The quantitative estimate of drug-likeness (QED) is 0.789. The monoisotopic (exact) mass is 386 g/mol. The molecule has 2 aromatic rings. The second-order valence-electron chi connectivity index (χ2n) is 7.65. The lowest BCUT2D eigenvalue weighted by Crippen LogP contribution is -2.41. The second-order valence-corrected chi connectivity index (χ2v) is 8.08. The smallest absolute Gasteiger partial charge is 0.225 e. The van der Waals surface area contributed by atoms with Gasteiger partial charge in [-0.3, -0.25) is 4.79 Å². The molecule has 1 aliphatic heterocycles. The van der Waals surface area contributed by atoms with Crippen LogP contribution in [0.2, 0.25) is 5.02 Å². The molecule has 1 saturated heterocycles. The van der Waals surface area contributed by atoms with Crippen molar-refractivity contribution < 1.29 is 4.79 Å². The zero-order chi connectivity index (χ0) is 19.6. The van der Waals surface area contributed by atoms with Gasteiger partial charge >= 0.3 is 0 Å². The van der Waals surface area contributed by atoms with Crippen molar-refractivity contribution in [2.24, 2.45) is 5.92 Å². The van der Waals surface area contributed by atoms with Gasteiger partial charge in [0.15, 0.2) is 0 Å². The summed E-state index contributed by atoms with van der Waals surface area (Å²) in [5, 5.41) is 0.706. The molecule has 1 aliphatic rings. The summed E-state index contributed by atoms with van der Waals surface area (Å²) >= 11 is 6.06. The number of aromatic nitrogens is 2. The summed E-state index contributed by atoms with van der Waals surface area (Å²) < 4.78 is 0. The Bertz CT molecular complexity index is 804. The fraction of sp³-hybridized carbons (Fsp3) is 0.476. The summed E-state index contributed by atoms with van der Waals surface area (Å²) in [5.41, 5.74) is 3.07. The first kappa shape index (κ1) is 19.6. The molecule has 5 nitrogen and oxygen atoms in total. The number of halogens is 1. The van der Waals surface area contributed by atoms with Crippen LogP contribution in [0.15, 0.2) is 30.5 Å². The van der Waals surface area contributed by atoms with Gasteiger partial charge in [0.2, 0.25) is 11.9 Å². The third-order valence-electron chi connectivity index (χ3n) is 4.97. The predicted octanol–water partition coefficient (Wildman–Crippen LogP) is 4.23. The highest BCUT2D eigenvalue weighted by atomic mass is 35.5. The van der Waals surface area contributed by atoms with Crippen molar-refractivity contribution in [2.75, 3.05) is 32.1 Å². The molecular formula is C21H27ClN4O. The van der Waals surface area contributed by atoms with Crippen LogP contribution in [0, 0.1) is 5.92 Å². The summed E-state index contributed by atoms with van der Waals surface area (Å²) in [6.07, 6.45) is 3.90. The van der Waals surface area contributed by atoms with Gasteiger partial charge < -0.3 is 9.80 Å². The van der Waals surface area contributed by atoms with Crippen LogP contribution in [0.4, 0.5) is 5.95 Å². The van der Waals surface area contributed by atoms with E-state index < -0.39 is 0 Å². The highest BCUT2D eigenvalue weighted by Gasteiger charge is 2.29. The van der Waals surface area contributed by atoms with Gasteiger partial charge in [-0.15, -0.1) is 0 Å². The Morgan fingerprint density at radius 3 is 2.59 bits per heavy atom. The first-order valence-corrected chi connectivity index (χ1v) is 9.83. The van der Waals surface area contributed by atoms with Crippen LogP contribution in [0.3, 0.4) is 0 Å². The van der Waals surface area contributed by atoms with Crippen molar-refractivity contribution in [1.82, 2.24) is 14.9 Å². The first-order valence-electron chi connectivity index (χ1n) is 9.45. The average molecular weight is 387 g/mol. The number of hydrogen-bond acceptors (Lipinski definition) is 4. The van der Waals surface area contributed by atoms with Crippen LogP contribution in [-0.2, 0) is 4.79 Å². The molecule has 1 fully saturated rings. The van der Waals surface area contributed by atoms with Gasteiger partial charge in [-0.2, -0.15) is 0 Å². The van der Waals surface area contributed by atoms with Gasteiger partial charge in [0.1, 0.15) is 0 Å². The predicted molar refractivity (Wildman–Crippen MR) is 110 cm³/mol. The Hall–Kier alpha value is -2.14. The van der Waals surface area contributed by atoms with Crippen molar-refractivity contribution >= 4 is 23.5 Å². The van der Waals surface area contributed by atoms with Gasteiger partial charge in [-0.1, -0.05) is 37.6 Å². The molecule has 0 aliphatic carbocycles. The summed E-state index contributed by atoms with van der Waals surface area (Å²) in [6.45, 7) is 5.46. The molecule has 0 saturated carbocycles. The normalized spacial score (nSPS) is 17.3. The molecule has 1 aromatic heterocycles. The van der Waals surface area contributed by atoms with Crippen LogP contribution in [0.25, 0.3) is 11.1 Å². The molecule has 144 valence electrons. The van der Waals surface area contributed by atoms with Crippen molar-refractivity contribution in [1.29, 1.82) is 0 Å². The van der Waals surface area contributed by atoms with E-state index in [2.05, 4.69) is 4.98 Å². The Morgan fingerprint density at radius 1 is 1.26 bits per heavy atom. The van der Waals surface area contributed by atoms with E-state index in [0.29, 0.717) is 17.5 Å². The highest BCUT2D eigenvalue weighted by molar-refractivity contribution is 6.30. The van der Waals surface area contributed by atoms with E-state index in [1.54, 1.807) is 0 Å². The third kappa shape index (κ3) is 4.41. The van der Waals surface area contributed by atoms with E-state index in [9.17, 15) is 4.79 Å². The number of nitrogens with zero attached hydrogens (tertiary/aromatic N) is 4. The third-order valence-corrected chi connectivity index (χ3v) is 5.23. The van der Waals surface area contributed by atoms with Gasteiger partial charge in [0, 0.05) is 55.8 Å².